The predicted molar refractivity (Wildman–Crippen MR) is 72.9 cm³/mol. The molecule has 0 heterocycles. The van der Waals surface area contributed by atoms with Crippen LogP contribution in [0.15, 0.2) is 12.8 Å². The second kappa shape index (κ2) is 5.54. The van der Waals surface area contributed by atoms with Crippen molar-refractivity contribution in [1.82, 2.24) is 0 Å². The van der Waals surface area contributed by atoms with Crippen molar-refractivity contribution >= 4 is 0 Å². The van der Waals surface area contributed by atoms with Crippen molar-refractivity contribution in [2.24, 2.45) is 11.8 Å². The number of hydrogen-bond acceptors (Lipinski definition) is 4. The lowest BCUT2D eigenvalue weighted by atomic mass is 9.58. The monoisotopic (exact) mass is 360 g/mol. The third-order valence-corrected chi connectivity index (χ3v) is 5.37. The van der Waals surface area contributed by atoms with Crippen LogP contribution in [0.2, 0.25) is 0 Å². The normalized spacial score (nSPS) is 37.9. The highest BCUT2D eigenvalue weighted by molar-refractivity contribution is 5.12. The summed E-state index contributed by atoms with van der Waals surface area (Å²) in [6.45, 7) is 4.99. The van der Waals surface area contributed by atoms with Gasteiger partial charge in [-0.25, -0.2) is 0 Å². The van der Waals surface area contributed by atoms with E-state index in [9.17, 15) is 27.1 Å². The number of fused-ring (bicyclic) bond motifs is 2. The fourth-order valence-corrected chi connectivity index (χ4v) is 4.19. The molecule has 2 fully saturated rings. The van der Waals surface area contributed by atoms with Crippen molar-refractivity contribution in [2.75, 3.05) is 0 Å². The van der Waals surface area contributed by atoms with Gasteiger partial charge in [-0.05, 0) is 50.9 Å². The van der Waals surface area contributed by atoms with Gasteiger partial charge in [-0.1, -0.05) is 6.58 Å². The van der Waals surface area contributed by atoms with Gasteiger partial charge in [0.25, 0.3) is 0 Å². The summed E-state index contributed by atoms with van der Waals surface area (Å²) in [7, 11) is 0. The van der Waals surface area contributed by atoms with Gasteiger partial charge in [-0.2, -0.15) is 22.0 Å². The topological polar surface area (TPSA) is 69.9 Å². The molecule has 0 aromatic rings. The minimum atomic E-state index is -6.02. The molecule has 2 bridgehead atoms. The van der Waals surface area contributed by atoms with Crippen molar-refractivity contribution in [1.29, 1.82) is 0 Å². The Morgan fingerprint density at radius 2 is 1.75 bits per heavy atom. The van der Waals surface area contributed by atoms with Gasteiger partial charge in [0.15, 0.2) is 0 Å². The molecule has 0 spiro atoms. The molecule has 0 aromatic carbocycles. The highest BCUT2D eigenvalue weighted by atomic mass is 19.4. The lowest BCUT2D eigenvalue weighted by Gasteiger charge is -2.55. The summed E-state index contributed by atoms with van der Waals surface area (Å²) in [5, 5.41) is 28.7. The van der Waals surface area contributed by atoms with E-state index in [1.165, 1.54) is 0 Å². The van der Waals surface area contributed by atoms with Crippen LogP contribution in [0, 0.1) is 11.8 Å². The highest BCUT2D eigenvalue weighted by Gasteiger charge is 2.78. The minimum Gasteiger partial charge on any atom is -0.496 e. The molecular formula is C15H21F5O4. The van der Waals surface area contributed by atoms with Gasteiger partial charge in [0, 0.05) is 0 Å². The number of aliphatic hydroxyl groups is 3. The quantitative estimate of drug-likeness (QED) is 0.410. The first-order chi connectivity index (χ1) is 10.7. The molecule has 0 saturated heterocycles. The SMILES string of the molecule is C=COC1(C)CC2CCC(O)(C(F)(F)C(O)(O)C(F)(F)F)C(C2)C1. The van der Waals surface area contributed by atoms with Crippen LogP contribution in [0.25, 0.3) is 0 Å². The molecule has 0 radical (unpaired) electrons. The summed E-state index contributed by atoms with van der Waals surface area (Å²) in [6.07, 6.45) is -5.09. The summed E-state index contributed by atoms with van der Waals surface area (Å²) in [4.78, 5) is 0. The zero-order valence-corrected chi connectivity index (χ0v) is 13.1. The zero-order valence-electron chi connectivity index (χ0n) is 13.1. The van der Waals surface area contributed by atoms with E-state index in [1.54, 1.807) is 6.92 Å². The molecule has 0 aromatic heterocycles. The Hall–Kier alpha value is -0.930. The molecule has 9 heteroatoms. The first-order valence-corrected chi connectivity index (χ1v) is 7.60. The van der Waals surface area contributed by atoms with Gasteiger partial charge in [0.1, 0.15) is 11.2 Å². The van der Waals surface area contributed by atoms with E-state index in [0.29, 0.717) is 6.42 Å². The van der Waals surface area contributed by atoms with Crippen molar-refractivity contribution < 1.29 is 42.0 Å². The first kappa shape index (κ1) is 19.4. The highest BCUT2D eigenvalue weighted by Crippen LogP contribution is 2.58. The molecule has 140 valence electrons. The molecule has 4 unspecified atom stereocenters. The van der Waals surface area contributed by atoms with E-state index in [2.05, 4.69) is 6.58 Å². The van der Waals surface area contributed by atoms with Crippen LogP contribution >= 0.6 is 0 Å². The maximum Gasteiger partial charge on any atom is 0.449 e. The summed E-state index contributed by atoms with van der Waals surface area (Å²) in [5.74, 6) is -11.9. The lowest BCUT2D eigenvalue weighted by Crippen LogP contribution is -2.72. The maximum absolute atomic E-state index is 14.5. The Kier molecular flexibility index (Phi) is 4.47. The van der Waals surface area contributed by atoms with Crippen LogP contribution in [0.3, 0.4) is 0 Å². The Labute approximate surface area is 135 Å². The van der Waals surface area contributed by atoms with Gasteiger partial charge >= 0.3 is 17.9 Å². The molecule has 24 heavy (non-hydrogen) atoms. The summed E-state index contributed by atoms with van der Waals surface area (Å²) in [6, 6.07) is 0. The predicted octanol–water partition coefficient (Wildman–Crippen LogP) is 2.72. The van der Waals surface area contributed by atoms with E-state index in [0.717, 1.165) is 6.26 Å². The van der Waals surface area contributed by atoms with Crippen LogP contribution in [0.4, 0.5) is 22.0 Å². The van der Waals surface area contributed by atoms with E-state index in [1.807, 2.05) is 0 Å². The fourth-order valence-electron chi connectivity index (χ4n) is 4.19. The average Bonchev–Trinajstić information content (AvgIpc) is 2.41. The molecule has 2 aliphatic rings. The number of ether oxygens (including phenoxy) is 1. The molecule has 2 aliphatic carbocycles. The summed E-state index contributed by atoms with van der Waals surface area (Å²) < 4.78 is 72.4. The molecule has 0 amide bonds. The smallest absolute Gasteiger partial charge is 0.449 e. The summed E-state index contributed by atoms with van der Waals surface area (Å²) in [5.41, 5.74) is -4.15. The van der Waals surface area contributed by atoms with Crippen LogP contribution in [-0.2, 0) is 4.74 Å². The van der Waals surface area contributed by atoms with Gasteiger partial charge < -0.3 is 20.1 Å². The van der Waals surface area contributed by atoms with Crippen molar-refractivity contribution in [3.63, 3.8) is 0 Å². The number of alkyl halides is 5. The standard InChI is InChI=1S/C15H21F5O4/c1-3-24-11(2)7-9-4-5-12(21,10(6-9)8-11)13(16,17)14(22,23)15(18,19)20/h3,9-10,21-23H,1,4-8H2,2H3. The molecule has 4 nitrogen and oxygen atoms in total. The lowest BCUT2D eigenvalue weighted by molar-refractivity contribution is -0.450. The number of hydrogen-bond donors (Lipinski definition) is 3. The molecule has 2 saturated carbocycles. The maximum atomic E-state index is 14.5. The second-order valence-corrected chi connectivity index (χ2v) is 7.15. The third-order valence-electron chi connectivity index (χ3n) is 5.37. The Morgan fingerprint density at radius 1 is 1.17 bits per heavy atom. The number of rotatable bonds is 4. The van der Waals surface area contributed by atoms with E-state index < -0.39 is 41.4 Å². The third kappa shape index (κ3) is 2.70. The molecule has 2 rings (SSSR count). The Morgan fingerprint density at radius 3 is 2.25 bits per heavy atom. The van der Waals surface area contributed by atoms with Crippen LogP contribution < -0.4 is 0 Å². The van der Waals surface area contributed by atoms with Gasteiger partial charge in [0.2, 0.25) is 0 Å². The van der Waals surface area contributed by atoms with E-state index >= 15 is 0 Å². The fraction of sp³-hybridized carbons (Fsp3) is 0.867. The Bertz CT molecular complexity index is 507. The first-order valence-electron chi connectivity index (χ1n) is 7.60. The molecule has 0 aliphatic heterocycles. The Balaban J connectivity index is 2.40. The van der Waals surface area contributed by atoms with Crippen LogP contribution in [0.1, 0.15) is 39.0 Å². The van der Waals surface area contributed by atoms with E-state index in [4.69, 9.17) is 14.9 Å². The average molecular weight is 360 g/mol. The zero-order chi connectivity index (χ0) is 18.6. The minimum absolute atomic E-state index is 0.0343. The van der Waals surface area contributed by atoms with Gasteiger partial charge in [0.05, 0.1) is 6.26 Å². The number of halogens is 5. The second-order valence-electron chi connectivity index (χ2n) is 7.15. The van der Waals surface area contributed by atoms with Gasteiger partial charge in [-0.15, -0.1) is 0 Å². The van der Waals surface area contributed by atoms with Crippen LogP contribution in [-0.4, -0.2) is 44.4 Å². The van der Waals surface area contributed by atoms with E-state index in [-0.39, 0.29) is 25.2 Å². The van der Waals surface area contributed by atoms with Gasteiger partial charge in [-0.3, -0.25) is 0 Å². The molecule has 4 atom stereocenters. The summed E-state index contributed by atoms with van der Waals surface area (Å²) >= 11 is 0. The van der Waals surface area contributed by atoms with Crippen LogP contribution in [0.5, 0.6) is 0 Å². The van der Waals surface area contributed by atoms with Crippen molar-refractivity contribution in [2.45, 2.75) is 68.1 Å². The molecule has 3 N–H and O–H groups in total. The largest absolute Gasteiger partial charge is 0.496 e. The van der Waals surface area contributed by atoms with Crippen molar-refractivity contribution in [3.05, 3.63) is 12.8 Å². The molecular weight excluding hydrogens is 339 g/mol. The van der Waals surface area contributed by atoms with Crippen molar-refractivity contribution in [3.8, 4) is 0 Å².